The Balaban J connectivity index is 1.30. The fourth-order valence-corrected chi connectivity index (χ4v) is 7.84. The van der Waals surface area contributed by atoms with Crippen molar-refractivity contribution in [2.75, 3.05) is 27.4 Å². The van der Waals surface area contributed by atoms with E-state index in [0.717, 1.165) is 34.9 Å². The molecule has 258 valence electrons. The van der Waals surface area contributed by atoms with E-state index in [0.29, 0.717) is 26.1 Å². The summed E-state index contributed by atoms with van der Waals surface area (Å²) in [5.74, 6) is 0.603. The Morgan fingerprint density at radius 1 is 1.15 bits per heavy atom. The first-order valence-corrected chi connectivity index (χ1v) is 17.8. The van der Waals surface area contributed by atoms with Crippen LogP contribution in [-0.2, 0) is 19.0 Å². The van der Waals surface area contributed by atoms with Gasteiger partial charge in [-0.3, -0.25) is 9.79 Å². The second kappa shape index (κ2) is 15.5. The van der Waals surface area contributed by atoms with Crippen LogP contribution in [0.5, 0.6) is 0 Å². The third-order valence-corrected chi connectivity index (χ3v) is 10.3. The minimum absolute atomic E-state index is 0.0638. The number of carbonyl (C=O) groups excluding carboxylic acids is 1. The summed E-state index contributed by atoms with van der Waals surface area (Å²) in [7, 11) is 3.39. The van der Waals surface area contributed by atoms with Crippen LogP contribution in [-0.4, -0.2) is 62.5 Å². The molecule has 4 aliphatic rings. The van der Waals surface area contributed by atoms with Gasteiger partial charge >= 0.3 is 0 Å². The summed E-state index contributed by atoms with van der Waals surface area (Å²) >= 11 is 1.81. The highest BCUT2D eigenvalue weighted by Crippen LogP contribution is 2.42. The van der Waals surface area contributed by atoms with Crippen molar-refractivity contribution in [3.63, 3.8) is 0 Å². The average Bonchev–Trinajstić information content (AvgIpc) is 3.03. The second-order valence-electron chi connectivity index (χ2n) is 14.1. The van der Waals surface area contributed by atoms with Crippen LogP contribution in [0.2, 0.25) is 0 Å². The summed E-state index contributed by atoms with van der Waals surface area (Å²) in [4.78, 5) is 20.0. The number of benzene rings is 1. The van der Waals surface area contributed by atoms with E-state index in [9.17, 15) is 4.79 Å². The lowest BCUT2D eigenvalue weighted by atomic mass is 9.85. The van der Waals surface area contributed by atoms with E-state index in [2.05, 4.69) is 94.7 Å². The van der Waals surface area contributed by atoms with Gasteiger partial charge in [0, 0.05) is 71.9 Å². The number of ether oxygens (including phenoxy) is 3. The fourth-order valence-electron chi connectivity index (χ4n) is 6.46. The Morgan fingerprint density at radius 3 is 2.65 bits per heavy atom. The van der Waals surface area contributed by atoms with Crippen molar-refractivity contribution in [1.29, 1.82) is 0 Å². The minimum Gasteiger partial charge on any atom is -0.493 e. The molecule has 1 amide bonds. The molecule has 1 aromatic carbocycles. The van der Waals surface area contributed by atoms with Gasteiger partial charge in [-0.25, -0.2) is 0 Å². The van der Waals surface area contributed by atoms with E-state index in [1.165, 1.54) is 27.2 Å². The van der Waals surface area contributed by atoms with E-state index in [1.807, 2.05) is 23.9 Å². The normalized spacial score (nSPS) is 24.7. The maximum Gasteiger partial charge on any atom is 0.245 e. The van der Waals surface area contributed by atoms with Crippen molar-refractivity contribution >= 4 is 23.4 Å². The molecule has 9 heteroatoms. The molecule has 48 heavy (non-hydrogen) atoms. The molecule has 0 bridgehead atoms. The second-order valence-corrected chi connectivity index (χ2v) is 15.4. The highest BCUT2D eigenvalue weighted by molar-refractivity contribution is 8.04. The predicted octanol–water partition coefficient (Wildman–Crippen LogP) is 6.65. The first-order valence-electron chi connectivity index (χ1n) is 16.9. The van der Waals surface area contributed by atoms with E-state index < -0.39 is 6.04 Å². The monoisotopic (exact) mass is 672 g/mol. The van der Waals surface area contributed by atoms with E-state index >= 15 is 0 Å². The van der Waals surface area contributed by atoms with Gasteiger partial charge in [-0.2, -0.15) is 0 Å². The molecule has 0 radical (unpaired) electrons. The lowest BCUT2D eigenvalue weighted by molar-refractivity contribution is -0.120. The molecule has 2 aliphatic heterocycles. The highest BCUT2D eigenvalue weighted by atomic mass is 32.2. The van der Waals surface area contributed by atoms with Gasteiger partial charge in [0.2, 0.25) is 5.91 Å². The van der Waals surface area contributed by atoms with Crippen molar-refractivity contribution in [3.8, 4) is 0 Å². The van der Waals surface area contributed by atoms with Crippen LogP contribution in [0.3, 0.4) is 0 Å². The molecule has 1 aromatic rings. The number of rotatable bonds is 11. The van der Waals surface area contributed by atoms with Crippen molar-refractivity contribution in [3.05, 3.63) is 105 Å². The van der Waals surface area contributed by atoms with Gasteiger partial charge in [-0.15, -0.1) is 11.8 Å². The number of amides is 1. The minimum atomic E-state index is -0.792. The molecule has 4 unspecified atom stereocenters. The summed E-state index contributed by atoms with van der Waals surface area (Å²) in [6.07, 6.45) is 14.7. The smallest absolute Gasteiger partial charge is 0.245 e. The molecule has 4 N–H and O–H groups in total. The summed E-state index contributed by atoms with van der Waals surface area (Å²) in [6.45, 7) is 13.8. The lowest BCUT2D eigenvalue weighted by Gasteiger charge is -2.33. The van der Waals surface area contributed by atoms with E-state index in [4.69, 9.17) is 24.9 Å². The molecule has 2 heterocycles. The number of carbonyl (C=O) groups is 1. The number of aliphatic imine (C=N–C) groups is 1. The topological polar surface area (TPSA) is 107 Å². The number of dihydropyridines is 2. The van der Waals surface area contributed by atoms with Crippen LogP contribution in [0.1, 0.15) is 69.7 Å². The fraction of sp³-hybridized carbons (Fsp3) is 0.487. The van der Waals surface area contributed by atoms with Crippen LogP contribution >= 0.6 is 11.8 Å². The molecular weight excluding hydrogens is 621 g/mol. The van der Waals surface area contributed by atoms with E-state index in [1.54, 1.807) is 14.2 Å². The number of methoxy groups -OCH3 is 2. The van der Waals surface area contributed by atoms with Crippen molar-refractivity contribution in [2.45, 2.75) is 90.3 Å². The number of nitrogens with zero attached hydrogens (tertiary/aromatic N) is 1. The first-order chi connectivity index (χ1) is 22.9. The highest BCUT2D eigenvalue weighted by Gasteiger charge is 2.32. The third-order valence-electron chi connectivity index (χ3n) is 9.07. The molecule has 0 saturated heterocycles. The number of nitrogens with one attached hydrogen (secondary N) is 2. The number of nitrogens with two attached hydrogens (primary N) is 1. The third kappa shape index (κ3) is 8.61. The SMILES string of the molecule is COCCOC1=CC2=C(CC1OC)C(SC1C=C(C(N)C(=O)NC3=CC(C(C)(C)C)=NC(c4ccc(C)cc4C)C3)C=CC1)=C[C@@H](C)N2. The molecule has 2 aliphatic carbocycles. The average molecular weight is 673 g/mol. The Morgan fingerprint density at radius 2 is 1.94 bits per heavy atom. The van der Waals surface area contributed by atoms with Crippen molar-refractivity contribution < 1.29 is 19.0 Å². The zero-order valence-corrected chi connectivity index (χ0v) is 30.5. The zero-order chi connectivity index (χ0) is 34.6. The van der Waals surface area contributed by atoms with Crippen LogP contribution in [0.25, 0.3) is 0 Å². The van der Waals surface area contributed by atoms with Gasteiger partial charge in [-0.05, 0) is 61.6 Å². The lowest BCUT2D eigenvalue weighted by Crippen LogP contribution is -2.42. The molecule has 0 fully saturated rings. The molecule has 0 spiro atoms. The molecule has 0 saturated carbocycles. The summed E-state index contributed by atoms with van der Waals surface area (Å²) in [6, 6.07) is 5.80. The van der Waals surface area contributed by atoms with Crippen molar-refractivity contribution in [2.24, 2.45) is 16.1 Å². The standard InChI is InChI=1S/C39H52N4O4S/c1-23-12-13-29(24(2)16-23)31-19-27(20-36(43-31)39(4,5)6)42-38(44)37(40)26-10-9-11-28(18-26)48-35-17-25(3)41-32-22-34(47-15-14-45-7)33(46-8)21-30(32)35/h9-10,12-13,16-18,20,22,25,28,31,33,37,41H,11,14-15,19,21,40H2,1-8H3,(H,42,44)/t25-,28?,31?,33?,37?/m1/s1. The van der Waals surface area contributed by atoms with Crippen LogP contribution in [0.4, 0.5) is 0 Å². The molecule has 0 aromatic heterocycles. The van der Waals surface area contributed by atoms with Gasteiger partial charge in [-0.1, -0.05) is 62.8 Å². The number of aryl methyl sites for hydroxylation is 2. The number of thioether (sulfide) groups is 1. The number of hydrogen-bond acceptors (Lipinski definition) is 8. The predicted molar refractivity (Wildman–Crippen MR) is 197 cm³/mol. The van der Waals surface area contributed by atoms with Gasteiger partial charge in [0.05, 0.1) is 12.6 Å². The summed E-state index contributed by atoms with van der Waals surface area (Å²) < 4.78 is 17.0. The van der Waals surface area contributed by atoms with Gasteiger partial charge in [0.25, 0.3) is 0 Å². The Hall–Kier alpha value is -3.37. The van der Waals surface area contributed by atoms with E-state index in [-0.39, 0.29) is 34.8 Å². The Bertz CT molecular complexity index is 1610. The molecular formula is C39H52N4O4S. The molecule has 5 atom stereocenters. The Kier molecular flexibility index (Phi) is 11.6. The van der Waals surface area contributed by atoms with Crippen LogP contribution in [0.15, 0.2) is 92.9 Å². The molecule has 5 rings (SSSR count). The van der Waals surface area contributed by atoms with Gasteiger partial charge in [0.1, 0.15) is 24.5 Å². The Labute approximate surface area is 290 Å². The van der Waals surface area contributed by atoms with Crippen LogP contribution in [0, 0.1) is 19.3 Å². The summed E-state index contributed by atoms with van der Waals surface area (Å²) in [5.41, 5.74) is 15.0. The van der Waals surface area contributed by atoms with Gasteiger partial charge < -0.3 is 30.6 Å². The summed E-state index contributed by atoms with van der Waals surface area (Å²) in [5, 5.41) is 6.92. The number of allylic oxidation sites excluding steroid dienone is 4. The quantitative estimate of drug-likeness (QED) is 0.226. The maximum absolute atomic E-state index is 13.7. The largest absolute Gasteiger partial charge is 0.493 e. The first kappa shape index (κ1) is 35.9. The molecule has 8 nitrogen and oxygen atoms in total. The number of hydrogen-bond donors (Lipinski definition) is 3. The zero-order valence-electron chi connectivity index (χ0n) is 29.7. The van der Waals surface area contributed by atoms with Crippen molar-refractivity contribution in [1.82, 2.24) is 10.6 Å². The van der Waals surface area contributed by atoms with Gasteiger partial charge in [0.15, 0.2) is 0 Å². The van der Waals surface area contributed by atoms with Crippen LogP contribution < -0.4 is 16.4 Å². The maximum atomic E-state index is 13.7.